The van der Waals surface area contributed by atoms with Crippen molar-refractivity contribution in [2.24, 2.45) is 0 Å². The lowest BCUT2D eigenvalue weighted by molar-refractivity contribution is 0.230. The van der Waals surface area contributed by atoms with Crippen LogP contribution in [0.15, 0.2) is 41.0 Å². The van der Waals surface area contributed by atoms with Gasteiger partial charge in [0.2, 0.25) is 5.88 Å². The van der Waals surface area contributed by atoms with Crippen molar-refractivity contribution in [3.8, 4) is 5.88 Å². The van der Waals surface area contributed by atoms with Crippen molar-refractivity contribution in [3.05, 3.63) is 46.6 Å². The zero-order valence-electron chi connectivity index (χ0n) is 11.6. The molecule has 0 amide bonds. The van der Waals surface area contributed by atoms with Crippen LogP contribution in [0.3, 0.4) is 0 Å². The Morgan fingerprint density at radius 2 is 2.15 bits per heavy atom. The largest absolute Gasteiger partial charge is 0.475 e. The van der Waals surface area contributed by atoms with Gasteiger partial charge in [0, 0.05) is 22.8 Å². The van der Waals surface area contributed by atoms with Crippen LogP contribution >= 0.6 is 15.9 Å². The Hall–Kier alpha value is -1.75. The molecule has 5 heteroatoms. The van der Waals surface area contributed by atoms with E-state index in [1.165, 1.54) is 0 Å². The summed E-state index contributed by atoms with van der Waals surface area (Å²) >= 11 is 3.44. The molecule has 1 aromatic carbocycles. The van der Waals surface area contributed by atoms with Crippen molar-refractivity contribution in [2.75, 3.05) is 11.1 Å². The van der Waals surface area contributed by atoms with Gasteiger partial charge in [0.1, 0.15) is 0 Å². The molecule has 0 radical (unpaired) electrons. The van der Waals surface area contributed by atoms with Gasteiger partial charge >= 0.3 is 0 Å². The molecule has 0 atom stereocenters. The van der Waals surface area contributed by atoms with Crippen molar-refractivity contribution in [1.82, 2.24) is 4.98 Å². The normalized spacial score (nSPS) is 10.6. The summed E-state index contributed by atoms with van der Waals surface area (Å²) in [6, 6.07) is 9.62. The number of anilines is 2. The zero-order chi connectivity index (χ0) is 14.5. The van der Waals surface area contributed by atoms with E-state index in [0.29, 0.717) is 18.1 Å². The lowest BCUT2D eigenvalue weighted by Crippen LogP contribution is -2.11. The Labute approximate surface area is 127 Å². The number of halogens is 1. The van der Waals surface area contributed by atoms with Crippen molar-refractivity contribution in [2.45, 2.75) is 26.5 Å². The van der Waals surface area contributed by atoms with Crippen LogP contribution in [0.4, 0.5) is 11.4 Å². The fourth-order valence-corrected chi connectivity index (χ4v) is 2.12. The number of benzene rings is 1. The minimum absolute atomic E-state index is 0.0968. The highest BCUT2D eigenvalue weighted by atomic mass is 79.9. The number of hydrogen-bond donors (Lipinski definition) is 2. The maximum absolute atomic E-state index is 5.94. The van der Waals surface area contributed by atoms with Crippen LogP contribution in [-0.4, -0.2) is 11.1 Å². The first-order chi connectivity index (χ1) is 9.56. The molecule has 0 unspecified atom stereocenters. The van der Waals surface area contributed by atoms with Crippen molar-refractivity contribution < 1.29 is 4.74 Å². The summed E-state index contributed by atoms with van der Waals surface area (Å²) in [5, 5.41) is 3.31. The summed E-state index contributed by atoms with van der Waals surface area (Å²) in [6.07, 6.45) is 1.83. The van der Waals surface area contributed by atoms with Crippen LogP contribution in [0, 0.1) is 0 Å². The van der Waals surface area contributed by atoms with E-state index in [-0.39, 0.29) is 6.10 Å². The Morgan fingerprint density at radius 1 is 1.35 bits per heavy atom. The number of hydrogen-bond acceptors (Lipinski definition) is 4. The van der Waals surface area contributed by atoms with Gasteiger partial charge in [-0.3, -0.25) is 0 Å². The van der Waals surface area contributed by atoms with Crippen LogP contribution in [0.1, 0.15) is 19.4 Å². The van der Waals surface area contributed by atoms with Crippen LogP contribution < -0.4 is 15.8 Å². The van der Waals surface area contributed by atoms with E-state index in [1.807, 2.05) is 44.2 Å². The highest BCUT2D eigenvalue weighted by molar-refractivity contribution is 9.10. The Bertz CT molecular complexity index is 587. The van der Waals surface area contributed by atoms with Gasteiger partial charge in [-0.2, -0.15) is 0 Å². The summed E-state index contributed by atoms with van der Waals surface area (Å²) in [5.74, 6) is 0.656. The standard InChI is InChI=1S/C15H18BrN3O/c1-10(2)20-15-11(4-3-7-18-15)9-19-14-8-12(16)5-6-13(14)17/h3-8,10,19H,9,17H2,1-2H3. The number of rotatable bonds is 5. The highest BCUT2D eigenvalue weighted by Gasteiger charge is 2.07. The highest BCUT2D eigenvalue weighted by Crippen LogP contribution is 2.25. The average Bonchev–Trinajstić information content (AvgIpc) is 2.41. The van der Waals surface area contributed by atoms with E-state index in [2.05, 4.69) is 26.2 Å². The fourth-order valence-electron chi connectivity index (χ4n) is 1.76. The molecule has 1 aromatic heterocycles. The molecule has 0 fully saturated rings. The molecular weight excluding hydrogens is 318 g/mol. The third-order valence-electron chi connectivity index (χ3n) is 2.68. The predicted octanol–water partition coefficient (Wildman–Crippen LogP) is 3.83. The number of nitrogens with zero attached hydrogens (tertiary/aromatic N) is 1. The third-order valence-corrected chi connectivity index (χ3v) is 3.18. The number of nitrogens with two attached hydrogens (primary N) is 1. The van der Waals surface area contributed by atoms with Crippen molar-refractivity contribution in [1.29, 1.82) is 0 Å². The van der Waals surface area contributed by atoms with E-state index in [0.717, 1.165) is 15.7 Å². The summed E-state index contributed by atoms with van der Waals surface area (Å²) in [7, 11) is 0. The summed E-state index contributed by atoms with van der Waals surface area (Å²) < 4.78 is 6.68. The molecule has 0 saturated heterocycles. The third kappa shape index (κ3) is 3.87. The maximum atomic E-state index is 5.94. The number of nitrogen functional groups attached to an aromatic ring is 1. The van der Waals surface area contributed by atoms with Gasteiger partial charge in [-0.1, -0.05) is 22.0 Å². The maximum Gasteiger partial charge on any atom is 0.218 e. The predicted molar refractivity (Wildman–Crippen MR) is 85.9 cm³/mol. The molecule has 1 heterocycles. The molecular formula is C15H18BrN3O. The first-order valence-corrected chi connectivity index (χ1v) is 7.25. The van der Waals surface area contributed by atoms with Gasteiger partial charge in [0.05, 0.1) is 17.5 Å². The topological polar surface area (TPSA) is 60.2 Å². The van der Waals surface area contributed by atoms with Crippen molar-refractivity contribution in [3.63, 3.8) is 0 Å². The molecule has 0 aliphatic rings. The van der Waals surface area contributed by atoms with Crippen LogP contribution in [0.5, 0.6) is 5.88 Å². The molecule has 0 saturated carbocycles. The van der Waals surface area contributed by atoms with Gasteiger partial charge in [-0.25, -0.2) is 4.98 Å². The van der Waals surface area contributed by atoms with Gasteiger partial charge < -0.3 is 15.8 Å². The average molecular weight is 336 g/mol. The monoisotopic (exact) mass is 335 g/mol. The summed E-state index contributed by atoms with van der Waals surface area (Å²) in [4.78, 5) is 4.27. The summed E-state index contributed by atoms with van der Waals surface area (Å²) in [5.41, 5.74) is 8.54. The molecule has 0 spiro atoms. The molecule has 2 rings (SSSR count). The van der Waals surface area contributed by atoms with Gasteiger partial charge in [0.15, 0.2) is 0 Å². The molecule has 0 bridgehead atoms. The van der Waals surface area contributed by atoms with Gasteiger partial charge in [0.25, 0.3) is 0 Å². The molecule has 106 valence electrons. The Morgan fingerprint density at radius 3 is 2.90 bits per heavy atom. The lowest BCUT2D eigenvalue weighted by atomic mass is 10.2. The van der Waals surface area contributed by atoms with E-state index in [9.17, 15) is 0 Å². The van der Waals surface area contributed by atoms with Crippen molar-refractivity contribution >= 4 is 27.3 Å². The number of pyridine rings is 1. The number of aromatic nitrogens is 1. The molecule has 3 N–H and O–H groups in total. The Kier molecular flexibility index (Phi) is 4.84. The second-order valence-electron chi connectivity index (χ2n) is 4.72. The number of nitrogens with one attached hydrogen (secondary N) is 1. The summed E-state index contributed by atoms with van der Waals surface area (Å²) in [6.45, 7) is 4.58. The lowest BCUT2D eigenvalue weighted by Gasteiger charge is -2.14. The van der Waals surface area contributed by atoms with E-state index >= 15 is 0 Å². The van der Waals surface area contributed by atoms with Gasteiger partial charge in [-0.15, -0.1) is 0 Å². The fraction of sp³-hybridized carbons (Fsp3) is 0.267. The molecule has 0 aliphatic heterocycles. The van der Waals surface area contributed by atoms with Crippen LogP contribution in [0.25, 0.3) is 0 Å². The van der Waals surface area contributed by atoms with E-state index < -0.39 is 0 Å². The minimum Gasteiger partial charge on any atom is -0.475 e. The molecule has 0 aliphatic carbocycles. The quantitative estimate of drug-likeness (QED) is 0.815. The zero-order valence-corrected chi connectivity index (χ0v) is 13.1. The first-order valence-electron chi connectivity index (χ1n) is 6.45. The van der Waals surface area contributed by atoms with Crippen LogP contribution in [0.2, 0.25) is 0 Å². The smallest absolute Gasteiger partial charge is 0.218 e. The molecule has 4 nitrogen and oxygen atoms in total. The molecule has 20 heavy (non-hydrogen) atoms. The van der Waals surface area contributed by atoms with E-state index in [1.54, 1.807) is 6.20 Å². The second kappa shape index (κ2) is 6.61. The first kappa shape index (κ1) is 14.7. The SMILES string of the molecule is CC(C)Oc1ncccc1CNc1cc(Br)ccc1N. The Balaban J connectivity index is 2.12. The second-order valence-corrected chi connectivity index (χ2v) is 5.64. The molecule has 2 aromatic rings. The van der Waals surface area contributed by atoms with Gasteiger partial charge in [-0.05, 0) is 38.1 Å². The van der Waals surface area contributed by atoms with Crippen LogP contribution in [-0.2, 0) is 6.54 Å². The number of ether oxygens (including phenoxy) is 1. The van der Waals surface area contributed by atoms with E-state index in [4.69, 9.17) is 10.5 Å². The minimum atomic E-state index is 0.0968.